The molecule has 2 nitrogen and oxygen atoms in total. The number of para-hydroxylation sites is 2. The first-order valence-corrected chi connectivity index (χ1v) is 6.49. The van der Waals surface area contributed by atoms with Gasteiger partial charge < -0.3 is 10.1 Å². The molecule has 0 aliphatic carbocycles. The smallest absolute Gasteiger partial charge is 0.142 e. The largest absolute Gasteiger partial charge is 0.489 e. The molecule has 0 aliphatic rings. The van der Waals surface area contributed by atoms with Gasteiger partial charge in [0.15, 0.2) is 0 Å². The second-order valence-corrected chi connectivity index (χ2v) is 4.75. The highest BCUT2D eigenvalue weighted by Gasteiger charge is 2.07. The molecule has 0 amide bonds. The van der Waals surface area contributed by atoms with E-state index < -0.39 is 11.6 Å². The SMILES string of the molecule is CC(C)Oc1ccccc1NCc1ccc(F)cc1F. The van der Waals surface area contributed by atoms with Crippen molar-refractivity contribution in [2.24, 2.45) is 0 Å². The highest BCUT2D eigenvalue weighted by atomic mass is 19.1. The molecule has 0 aliphatic heterocycles. The Morgan fingerprint density at radius 2 is 1.85 bits per heavy atom. The summed E-state index contributed by atoms with van der Waals surface area (Å²) in [7, 11) is 0. The standard InChI is InChI=1S/C16H17F2NO/c1-11(2)20-16-6-4-3-5-15(16)19-10-12-7-8-13(17)9-14(12)18/h3-9,11,19H,10H2,1-2H3. The van der Waals surface area contributed by atoms with Gasteiger partial charge in [-0.15, -0.1) is 0 Å². The maximum absolute atomic E-state index is 13.6. The van der Waals surface area contributed by atoms with Crippen molar-refractivity contribution in [2.75, 3.05) is 5.32 Å². The van der Waals surface area contributed by atoms with Gasteiger partial charge in [-0.3, -0.25) is 0 Å². The van der Waals surface area contributed by atoms with Gasteiger partial charge in [-0.2, -0.15) is 0 Å². The molecular formula is C16H17F2NO. The van der Waals surface area contributed by atoms with Crippen molar-refractivity contribution < 1.29 is 13.5 Å². The van der Waals surface area contributed by atoms with E-state index in [0.29, 0.717) is 11.3 Å². The zero-order valence-corrected chi connectivity index (χ0v) is 11.5. The lowest BCUT2D eigenvalue weighted by atomic mass is 10.2. The van der Waals surface area contributed by atoms with Crippen LogP contribution in [0.15, 0.2) is 42.5 Å². The van der Waals surface area contributed by atoms with E-state index in [1.54, 1.807) is 0 Å². The topological polar surface area (TPSA) is 21.3 Å². The summed E-state index contributed by atoms with van der Waals surface area (Å²) < 4.78 is 32.1. The Morgan fingerprint density at radius 1 is 1.10 bits per heavy atom. The van der Waals surface area contributed by atoms with Crippen LogP contribution in [-0.4, -0.2) is 6.10 Å². The first kappa shape index (κ1) is 14.3. The minimum Gasteiger partial charge on any atom is -0.489 e. The molecule has 0 saturated heterocycles. The van der Waals surface area contributed by atoms with Crippen LogP contribution in [0.4, 0.5) is 14.5 Å². The summed E-state index contributed by atoms with van der Waals surface area (Å²) in [5.74, 6) is -0.417. The van der Waals surface area contributed by atoms with E-state index in [2.05, 4.69) is 5.32 Å². The van der Waals surface area contributed by atoms with Gasteiger partial charge in [0.05, 0.1) is 11.8 Å². The van der Waals surface area contributed by atoms with Crippen molar-refractivity contribution in [3.63, 3.8) is 0 Å². The van der Waals surface area contributed by atoms with Gasteiger partial charge in [0, 0.05) is 18.2 Å². The molecule has 0 saturated carbocycles. The highest BCUT2D eigenvalue weighted by Crippen LogP contribution is 2.25. The molecule has 2 rings (SSSR count). The van der Waals surface area contributed by atoms with Crippen LogP contribution in [0.3, 0.4) is 0 Å². The minimum atomic E-state index is -0.574. The first-order valence-electron chi connectivity index (χ1n) is 6.49. The van der Waals surface area contributed by atoms with Crippen LogP contribution < -0.4 is 10.1 Å². The van der Waals surface area contributed by atoms with Crippen molar-refractivity contribution in [1.29, 1.82) is 0 Å². The number of nitrogens with one attached hydrogen (secondary N) is 1. The van der Waals surface area contributed by atoms with Gasteiger partial charge in [0.1, 0.15) is 17.4 Å². The van der Waals surface area contributed by atoms with Gasteiger partial charge in [-0.1, -0.05) is 18.2 Å². The lowest BCUT2D eigenvalue weighted by Crippen LogP contribution is -2.09. The van der Waals surface area contributed by atoms with Crippen molar-refractivity contribution in [2.45, 2.75) is 26.5 Å². The van der Waals surface area contributed by atoms with E-state index in [0.717, 1.165) is 11.8 Å². The van der Waals surface area contributed by atoms with Crippen LogP contribution in [0.25, 0.3) is 0 Å². The number of hydrogen-bond acceptors (Lipinski definition) is 2. The van der Waals surface area contributed by atoms with E-state index >= 15 is 0 Å². The quantitative estimate of drug-likeness (QED) is 0.876. The van der Waals surface area contributed by atoms with Crippen LogP contribution in [0.2, 0.25) is 0 Å². The summed E-state index contributed by atoms with van der Waals surface area (Å²) in [6.45, 7) is 4.15. The molecule has 0 atom stereocenters. The number of rotatable bonds is 5. The summed E-state index contributed by atoms with van der Waals surface area (Å²) >= 11 is 0. The molecule has 0 heterocycles. The molecule has 2 aromatic rings. The molecule has 4 heteroatoms. The Bertz CT molecular complexity index is 584. The molecule has 0 bridgehead atoms. The summed E-state index contributed by atoms with van der Waals surface area (Å²) in [4.78, 5) is 0. The zero-order chi connectivity index (χ0) is 14.5. The molecule has 20 heavy (non-hydrogen) atoms. The van der Waals surface area contributed by atoms with Crippen molar-refractivity contribution in [1.82, 2.24) is 0 Å². The number of anilines is 1. The molecule has 0 fully saturated rings. The van der Waals surface area contributed by atoms with E-state index in [9.17, 15) is 8.78 Å². The van der Waals surface area contributed by atoms with Crippen LogP contribution in [-0.2, 0) is 6.54 Å². The Morgan fingerprint density at radius 3 is 2.55 bits per heavy atom. The van der Waals surface area contributed by atoms with Gasteiger partial charge in [0.25, 0.3) is 0 Å². The summed E-state index contributed by atoms with van der Waals surface area (Å²) in [6.07, 6.45) is 0.0560. The van der Waals surface area contributed by atoms with E-state index in [-0.39, 0.29) is 12.6 Å². The third-order valence-corrected chi connectivity index (χ3v) is 2.73. The molecule has 0 aromatic heterocycles. The predicted octanol–water partition coefficient (Wildman–Crippen LogP) is 4.36. The molecule has 1 N–H and O–H groups in total. The van der Waals surface area contributed by atoms with Crippen molar-refractivity contribution >= 4 is 5.69 Å². The molecular weight excluding hydrogens is 260 g/mol. The van der Waals surface area contributed by atoms with E-state index in [1.807, 2.05) is 38.1 Å². The summed E-state index contributed by atoms with van der Waals surface area (Å²) in [5.41, 5.74) is 1.19. The third-order valence-electron chi connectivity index (χ3n) is 2.73. The predicted molar refractivity (Wildman–Crippen MR) is 75.9 cm³/mol. The normalized spacial score (nSPS) is 10.7. The fourth-order valence-corrected chi connectivity index (χ4v) is 1.82. The Balaban J connectivity index is 2.10. The third kappa shape index (κ3) is 3.70. The average Bonchev–Trinajstić information content (AvgIpc) is 2.39. The van der Waals surface area contributed by atoms with Crippen molar-refractivity contribution in [3.8, 4) is 5.75 Å². The molecule has 2 aromatic carbocycles. The maximum Gasteiger partial charge on any atom is 0.142 e. The lowest BCUT2D eigenvalue weighted by molar-refractivity contribution is 0.243. The van der Waals surface area contributed by atoms with Gasteiger partial charge >= 0.3 is 0 Å². The monoisotopic (exact) mass is 277 g/mol. The number of hydrogen-bond donors (Lipinski definition) is 1. The minimum absolute atomic E-state index is 0.0560. The van der Waals surface area contributed by atoms with Crippen LogP contribution >= 0.6 is 0 Å². The Kier molecular flexibility index (Phi) is 4.56. The average molecular weight is 277 g/mol. The van der Waals surface area contributed by atoms with Gasteiger partial charge in [-0.25, -0.2) is 8.78 Å². The maximum atomic E-state index is 13.6. The fraction of sp³-hybridized carbons (Fsp3) is 0.250. The highest BCUT2D eigenvalue weighted by molar-refractivity contribution is 5.56. The summed E-state index contributed by atoms with van der Waals surface area (Å²) in [6, 6.07) is 11.0. The second kappa shape index (κ2) is 6.37. The van der Waals surface area contributed by atoms with Crippen molar-refractivity contribution in [3.05, 3.63) is 59.7 Å². The van der Waals surface area contributed by atoms with Gasteiger partial charge in [0.2, 0.25) is 0 Å². The zero-order valence-electron chi connectivity index (χ0n) is 11.5. The van der Waals surface area contributed by atoms with E-state index in [4.69, 9.17) is 4.74 Å². The van der Waals surface area contributed by atoms with Gasteiger partial charge in [-0.05, 0) is 32.0 Å². The Hall–Kier alpha value is -2.10. The van der Waals surface area contributed by atoms with Crippen LogP contribution in [0, 0.1) is 11.6 Å². The molecule has 0 unspecified atom stereocenters. The number of benzene rings is 2. The van der Waals surface area contributed by atoms with Crippen LogP contribution in [0.1, 0.15) is 19.4 Å². The molecule has 106 valence electrons. The van der Waals surface area contributed by atoms with E-state index in [1.165, 1.54) is 12.1 Å². The number of ether oxygens (including phenoxy) is 1. The lowest BCUT2D eigenvalue weighted by Gasteiger charge is -2.15. The second-order valence-electron chi connectivity index (χ2n) is 4.75. The van der Waals surface area contributed by atoms with Crippen LogP contribution in [0.5, 0.6) is 5.75 Å². The fourth-order valence-electron chi connectivity index (χ4n) is 1.82. The molecule has 0 radical (unpaired) electrons. The Labute approximate surface area is 117 Å². The molecule has 0 spiro atoms. The summed E-state index contributed by atoms with van der Waals surface area (Å²) in [5, 5.41) is 3.11. The number of halogens is 2. The first-order chi connectivity index (χ1) is 9.56.